The third kappa shape index (κ3) is 2.79. The molecular formula is C12H12ClNO4S. The van der Waals surface area contributed by atoms with E-state index in [-0.39, 0.29) is 11.5 Å². The lowest BCUT2D eigenvalue weighted by molar-refractivity contribution is -0.140. The van der Waals surface area contributed by atoms with Gasteiger partial charge in [-0.25, -0.2) is 4.79 Å². The molecule has 0 unspecified atom stereocenters. The maximum absolute atomic E-state index is 12.4. The van der Waals surface area contributed by atoms with Crippen LogP contribution >= 0.6 is 23.4 Å². The van der Waals surface area contributed by atoms with E-state index in [0.29, 0.717) is 22.4 Å². The second-order valence-electron chi connectivity index (χ2n) is 3.97. The third-order valence-corrected chi connectivity index (χ3v) is 4.07. The van der Waals surface area contributed by atoms with E-state index in [1.807, 2.05) is 0 Å². The highest BCUT2D eigenvalue weighted by Crippen LogP contribution is 2.28. The number of methoxy groups -OCH3 is 1. The summed E-state index contributed by atoms with van der Waals surface area (Å²) in [6.07, 6.45) is 0. The molecule has 1 aliphatic heterocycles. The highest BCUT2D eigenvalue weighted by molar-refractivity contribution is 7.99. The number of amides is 1. The maximum atomic E-state index is 12.4. The van der Waals surface area contributed by atoms with E-state index >= 15 is 0 Å². The fourth-order valence-electron chi connectivity index (χ4n) is 1.85. The molecule has 1 fully saturated rings. The van der Waals surface area contributed by atoms with Crippen LogP contribution in [0.3, 0.4) is 0 Å². The number of rotatable bonds is 3. The van der Waals surface area contributed by atoms with Gasteiger partial charge in [-0.05, 0) is 18.2 Å². The average Bonchev–Trinajstić information content (AvgIpc) is 2.87. The molecular weight excluding hydrogens is 290 g/mol. The van der Waals surface area contributed by atoms with E-state index in [0.717, 1.165) is 0 Å². The number of benzene rings is 1. The van der Waals surface area contributed by atoms with Crippen LogP contribution in [-0.4, -0.2) is 46.7 Å². The van der Waals surface area contributed by atoms with Gasteiger partial charge in [-0.15, -0.1) is 11.8 Å². The Kier molecular flexibility index (Phi) is 4.21. The monoisotopic (exact) mass is 301 g/mol. The summed E-state index contributed by atoms with van der Waals surface area (Å²) in [7, 11) is 1.45. The van der Waals surface area contributed by atoms with Gasteiger partial charge in [-0.1, -0.05) is 11.6 Å². The minimum atomic E-state index is -1.00. The number of ether oxygens (including phenoxy) is 1. The van der Waals surface area contributed by atoms with Gasteiger partial charge < -0.3 is 14.7 Å². The van der Waals surface area contributed by atoms with Crippen molar-refractivity contribution in [3.8, 4) is 5.75 Å². The van der Waals surface area contributed by atoms with Gasteiger partial charge >= 0.3 is 5.97 Å². The molecule has 1 aromatic carbocycles. The number of hydrogen-bond acceptors (Lipinski definition) is 4. The van der Waals surface area contributed by atoms with Crippen molar-refractivity contribution >= 4 is 35.2 Å². The summed E-state index contributed by atoms with van der Waals surface area (Å²) in [6, 6.07) is 3.89. The number of carbonyl (C=O) groups is 2. The van der Waals surface area contributed by atoms with Crippen molar-refractivity contribution in [1.29, 1.82) is 0 Å². The van der Waals surface area contributed by atoms with Crippen molar-refractivity contribution in [2.24, 2.45) is 0 Å². The number of carboxylic acid groups (broad SMARTS) is 1. The second kappa shape index (κ2) is 5.71. The van der Waals surface area contributed by atoms with Gasteiger partial charge in [-0.2, -0.15) is 0 Å². The first kappa shape index (κ1) is 14.0. The summed E-state index contributed by atoms with van der Waals surface area (Å²) in [4.78, 5) is 24.8. The normalized spacial score (nSPS) is 18.4. The highest BCUT2D eigenvalue weighted by atomic mass is 35.5. The summed E-state index contributed by atoms with van der Waals surface area (Å²) in [5.74, 6) is -0.248. The summed E-state index contributed by atoms with van der Waals surface area (Å²) < 4.78 is 5.12. The molecule has 19 heavy (non-hydrogen) atoms. The Morgan fingerprint density at radius 3 is 2.89 bits per heavy atom. The van der Waals surface area contributed by atoms with Crippen molar-refractivity contribution in [3.05, 3.63) is 28.8 Å². The number of aliphatic carboxylic acids is 1. The minimum Gasteiger partial charge on any atom is -0.496 e. The van der Waals surface area contributed by atoms with Gasteiger partial charge in [0.25, 0.3) is 5.91 Å². The van der Waals surface area contributed by atoms with Crippen molar-refractivity contribution in [1.82, 2.24) is 4.90 Å². The Balaban J connectivity index is 2.33. The maximum Gasteiger partial charge on any atom is 0.327 e. The van der Waals surface area contributed by atoms with E-state index in [1.165, 1.54) is 29.8 Å². The van der Waals surface area contributed by atoms with Gasteiger partial charge in [0.15, 0.2) is 0 Å². The van der Waals surface area contributed by atoms with Gasteiger partial charge in [-0.3, -0.25) is 4.79 Å². The third-order valence-electron chi connectivity index (χ3n) is 2.82. The van der Waals surface area contributed by atoms with Crippen molar-refractivity contribution in [3.63, 3.8) is 0 Å². The lowest BCUT2D eigenvalue weighted by atomic mass is 10.1. The topological polar surface area (TPSA) is 66.8 Å². The number of thioether (sulfide) groups is 1. The first-order chi connectivity index (χ1) is 9.04. The standard InChI is InChI=1S/C12H12ClNO4S/c1-18-10-3-2-7(13)4-8(10)11(15)14-6-19-5-9(14)12(16)17/h2-4,9H,5-6H2,1H3,(H,16,17)/t9-/m0/s1. The zero-order valence-electron chi connectivity index (χ0n) is 10.1. The van der Waals surface area contributed by atoms with Gasteiger partial charge in [0.05, 0.1) is 18.6 Å². The first-order valence-corrected chi connectivity index (χ1v) is 7.03. The van der Waals surface area contributed by atoms with Crippen LogP contribution in [0.5, 0.6) is 5.75 Å². The van der Waals surface area contributed by atoms with E-state index in [1.54, 1.807) is 12.1 Å². The van der Waals surface area contributed by atoms with Crippen LogP contribution in [0.15, 0.2) is 18.2 Å². The molecule has 2 rings (SSSR count). The summed E-state index contributed by atoms with van der Waals surface area (Å²) in [5, 5.41) is 9.50. The number of nitrogens with zero attached hydrogens (tertiary/aromatic N) is 1. The highest BCUT2D eigenvalue weighted by Gasteiger charge is 2.36. The predicted octanol–water partition coefficient (Wildman–Crippen LogP) is 1.95. The van der Waals surface area contributed by atoms with E-state index < -0.39 is 12.0 Å². The molecule has 0 aliphatic carbocycles. The quantitative estimate of drug-likeness (QED) is 0.924. The lowest BCUT2D eigenvalue weighted by Gasteiger charge is -2.21. The summed E-state index contributed by atoms with van der Waals surface area (Å²) in [6.45, 7) is 0. The van der Waals surface area contributed by atoms with Crippen LogP contribution in [0.2, 0.25) is 5.02 Å². The number of carboxylic acids is 1. The van der Waals surface area contributed by atoms with Crippen LogP contribution in [0, 0.1) is 0 Å². The average molecular weight is 302 g/mol. The lowest BCUT2D eigenvalue weighted by Crippen LogP contribution is -2.41. The van der Waals surface area contributed by atoms with Gasteiger partial charge in [0, 0.05) is 10.8 Å². The Labute approximate surface area is 119 Å². The zero-order chi connectivity index (χ0) is 14.0. The fraction of sp³-hybridized carbons (Fsp3) is 0.333. The van der Waals surface area contributed by atoms with Crippen molar-refractivity contribution in [2.45, 2.75) is 6.04 Å². The summed E-state index contributed by atoms with van der Waals surface area (Å²) in [5.41, 5.74) is 0.281. The largest absolute Gasteiger partial charge is 0.496 e. The van der Waals surface area contributed by atoms with E-state index in [4.69, 9.17) is 21.4 Å². The predicted molar refractivity (Wildman–Crippen MR) is 72.9 cm³/mol. The molecule has 1 heterocycles. The molecule has 0 aromatic heterocycles. The van der Waals surface area contributed by atoms with Gasteiger partial charge in [0.2, 0.25) is 0 Å². The van der Waals surface area contributed by atoms with Gasteiger partial charge in [0.1, 0.15) is 11.8 Å². The molecule has 1 aromatic rings. The smallest absolute Gasteiger partial charge is 0.327 e. The van der Waals surface area contributed by atoms with Crippen LogP contribution in [0.25, 0.3) is 0 Å². The van der Waals surface area contributed by atoms with Crippen molar-refractivity contribution < 1.29 is 19.4 Å². The summed E-state index contributed by atoms with van der Waals surface area (Å²) >= 11 is 7.29. The molecule has 0 bridgehead atoms. The van der Waals surface area contributed by atoms with E-state index in [2.05, 4.69) is 0 Å². The second-order valence-corrected chi connectivity index (χ2v) is 5.41. The Morgan fingerprint density at radius 1 is 1.53 bits per heavy atom. The number of hydrogen-bond donors (Lipinski definition) is 1. The van der Waals surface area contributed by atoms with Crippen LogP contribution in [0.4, 0.5) is 0 Å². The molecule has 0 saturated carbocycles. The molecule has 1 aliphatic rings. The molecule has 0 spiro atoms. The zero-order valence-corrected chi connectivity index (χ0v) is 11.7. The Morgan fingerprint density at radius 2 is 2.26 bits per heavy atom. The van der Waals surface area contributed by atoms with Crippen molar-refractivity contribution in [2.75, 3.05) is 18.7 Å². The molecule has 5 nitrogen and oxygen atoms in total. The SMILES string of the molecule is COc1ccc(Cl)cc1C(=O)N1CSC[C@H]1C(=O)O. The molecule has 102 valence electrons. The molecule has 1 amide bonds. The van der Waals surface area contributed by atoms with Crippen LogP contribution < -0.4 is 4.74 Å². The minimum absolute atomic E-state index is 0.281. The molecule has 1 atom stereocenters. The fourth-order valence-corrected chi connectivity index (χ4v) is 3.17. The number of halogens is 1. The van der Waals surface area contributed by atoms with Crippen LogP contribution in [-0.2, 0) is 4.79 Å². The molecule has 1 N–H and O–H groups in total. The first-order valence-electron chi connectivity index (χ1n) is 5.49. The Bertz CT molecular complexity index is 522. The number of carbonyl (C=O) groups excluding carboxylic acids is 1. The Hall–Kier alpha value is -1.40. The molecule has 1 saturated heterocycles. The molecule has 7 heteroatoms. The van der Waals surface area contributed by atoms with Crippen LogP contribution in [0.1, 0.15) is 10.4 Å². The molecule has 0 radical (unpaired) electrons. The van der Waals surface area contributed by atoms with E-state index in [9.17, 15) is 9.59 Å².